The third kappa shape index (κ3) is 4.71. The van der Waals surface area contributed by atoms with Crippen LogP contribution in [-0.2, 0) is 6.54 Å². The van der Waals surface area contributed by atoms with Crippen LogP contribution in [0.3, 0.4) is 0 Å². The summed E-state index contributed by atoms with van der Waals surface area (Å²) >= 11 is 0. The van der Waals surface area contributed by atoms with Crippen molar-refractivity contribution in [1.29, 1.82) is 0 Å². The molecule has 29 heavy (non-hydrogen) atoms. The Morgan fingerprint density at radius 1 is 1.03 bits per heavy atom. The Morgan fingerprint density at radius 2 is 1.83 bits per heavy atom. The zero-order valence-corrected chi connectivity index (χ0v) is 16.6. The number of benzene rings is 1. The zero-order valence-electron chi connectivity index (χ0n) is 16.6. The molecule has 1 saturated heterocycles. The lowest BCUT2D eigenvalue weighted by Gasteiger charge is -2.36. The molecule has 148 valence electrons. The van der Waals surface area contributed by atoms with Crippen molar-refractivity contribution in [3.63, 3.8) is 0 Å². The standard InChI is InChI=1S/C23H25N5O/c1-18-3-2-4-21(15-18)27-11-13-28(14-12-27)23(29)20-5-6-22(26-17-20)25-16-19-7-9-24-10-8-19/h2-10,15,17H,11-14,16H2,1H3,(H,25,26). The normalized spacial score (nSPS) is 14.0. The first kappa shape index (κ1) is 18.9. The molecule has 2 aromatic heterocycles. The second-order valence-electron chi connectivity index (χ2n) is 7.26. The van der Waals surface area contributed by atoms with Gasteiger partial charge in [0.15, 0.2) is 0 Å². The molecule has 0 saturated carbocycles. The van der Waals surface area contributed by atoms with Crippen LogP contribution in [0, 0.1) is 6.92 Å². The van der Waals surface area contributed by atoms with Gasteiger partial charge in [0.25, 0.3) is 5.91 Å². The molecule has 4 rings (SSSR count). The number of amides is 1. The first-order chi connectivity index (χ1) is 14.2. The maximum Gasteiger partial charge on any atom is 0.255 e. The van der Waals surface area contributed by atoms with Gasteiger partial charge >= 0.3 is 0 Å². The number of carbonyl (C=O) groups is 1. The van der Waals surface area contributed by atoms with Crippen molar-refractivity contribution in [3.8, 4) is 0 Å². The molecule has 0 radical (unpaired) electrons. The fraction of sp³-hybridized carbons (Fsp3) is 0.261. The minimum atomic E-state index is 0.0436. The molecule has 1 aliphatic heterocycles. The number of carbonyl (C=O) groups excluding carboxylic acids is 1. The highest BCUT2D eigenvalue weighted by Crippen LogP contribution is 2.19. The number of aromatic nitrogens is 2. The smallest absolute Gasteiger partial charge is 0.255 e. The average molecular weight is 387 g/mol. The molecular formula is C23H25N5O. The molecule has 1 aliphatic rings. The van der Waals surface area contributed by atoms with Gasteiger partial charge in [-0.2, -0.15) is 0 Å². The minimum Gasteiger partial charge on any atom is -0.368 e. The number of aryl methyl sites for hydroxylation is 1. The SMILES string of the molecule is Cc1cccc(N2CCN(C(=O)c3ccc(NCc4ccncc4)nc3)CC2)c1. The second-order valence-corrected chi connectivity index (χ2v) is 7.26. The largest absolute Gasteiger partial charge is 0.368 e. The Bertz CT molecular complexity index is 951. The highest BCUT2D eigenvalue weighted by molar-refractivity contribution is 5.94. The van der Waals surface area contributed by atoms with Gasteiger partial charge in [-0.3, -0.25) is 9.78 Å². The summed E-state index contributed by atoms with van der Waals surface area (Å²) in [4.78, 5) is 25.5. The topological polar surface area (TPSA) is 61.4 Å². The summed E-state index contributed by atoms with van der Waals surface area (Å²) in [5.74, 6) is 0.796. The molecule has 6 nitrogen and oxygen atoms in total. The molecule has 0 bridgehead atoms. The lowest BCUT2D eigenvalue weighted by Crippen LogP contribution is -2.48. The number of pyridine rings is 2. The van der Waals surface area contributed by atoms with E-state index in [2.05, 4.69) is 51.4 Å². The molecule has 1 N–H and O–H groups in total. The van der Waals surface area contributed by atoms with Gasteiger partial charge in [-0.1, -0.05) is 12.1 Å². The fourth-order valence-corrected chi connectivity index (χ4v) is 3.49. The molecule has 3 heterocycles. The van der Waals surface area contributed by atoms with Crippen molar-refractivity contribution in [2.75, 3.05) is 36.4 Å². The summed E-state index contributed by atoms with van der Waals surface area (Å²) < 4.78 is 0. The summed E-state index contributed by atoms with van der Waals surface area (Å²) in [7, 11) is 0. The first-order valence-electron chi connectivity index (χ1n) is 9.89. The zero-order chi connectivity index (χ0) is 20.1. The molecular weight excluding hydrogens is 362 g/mol. The van der Waals surface area contributed by atoms with Crippen LogP contribution < -0.4 is 10.2 Å². The van der Waals surface area contributed by atoms with Crippen LogP contribution >= 0.6 is 0 Å². The van der Waals surface area contributed by atoms with Gasteiger partial charge in [0.05, 0.1) is 5.56 Å². The van der Waals surface area contributed by atoms with E-state index in [0.717, 1.165) is 37.6 Å². The number of nitrogens with one attached hydrogen (secondary N) is 1. The highest BCUT2D eigenvalue weighted by atomic mass is 16.2. The Balaban J connectivity index is 1.31. The van der Waals surface area contributed by atoms with E-state index < -0.39 is 0 Å². The van der Waals surface area contributed by atoms with Crippen molar-refractivity contribution in [3.05, 3.63) is 83.8 Å². The number of piperazine rings is 1. The van der Waals surface area contributed by atoms with Gasteiger partial charge in [0, 0.05) is 57.0 Å². The van der Waals surface area contributed by atoms with Gasteiger partial charge in [-0.25, -0.2) is 4.98 Å². The lowest BCUT2D eigenvalue weighted by atomic mass is 10.1. The Morgan fingerprint density at radius 3 is 2.52 bits per heavy atom. The summed E-state index contributed by atoms with van der Waals surface area (Å²) in [5.41, 5.74) is 4.24. The summed E-state index contributed by atoms with van der Waals surface area (Å²) in [6, 6.07) is 16.1. The first-order valence-corrected chi connectivity index (χ1v) is 9.89. The van der Waals surface area contributed by atoms with Crippen LogP contribution in [0.25, 0.3) is 0 Å². The van der Waals surface area contributed by atoms with E-state index in [4.69, 9.17) is 0 Å². The molecule has 1 aromatic carbocycles. The average Bonchev–Trinajstić information content (AvgIpc) is 2.78. The molecule has 0 atom stereocenters. The predicted molar refractivity (Wildman–Crippen MR) is 115 cm³/mol. The maximum absolute atomic E-state index is 12.8. The molecule has 6 heteroatoms. The van der Waals surface area contributed by atoms with E-state index in [9.17, 15) is 4.79 Å². The van der Waals surface area contributed by atoms with Crippen molar-refractivity contribution in [1.82, 2.24) is 14.9 Å². The molecule has 0 spiro atoms. The van der Waals surface area contributed by atoms with Gasteiger partial charge in [-0.15, -0.1) is 0 Å². The number of rotatable bonds is 5. The van der Waals surface area contributed by atoms with E-state index in [1.54, 1.807) is 18.6 Å². The maximum atomic E-state index is 12.8. The molecule has 1 amide bonds. The van der Waals surface area contributed by atoms with Gasteiger partial charge in [-0.05, 0) is 54.4 Å². The van der Waals surface area contributed by atoms with Crippen LogP contribution in [0.2, 0.25) is 0 Å². The summed E-state index contributed by atoms with van der Waals surface area (Å²) in [6.45, 7) is 5.89. The molecule has 3 aromatic rings. The Labute approximate surface area is 171 Å². The number of anilines is 2. The van der Waals surface area contributed by atoms with Gasteiger partial charge in [0.1, 0.15) is 5.82 Å². The number of hydrogen-bond acceptors (Lipinski definition) is 5. The minimum absolute atomic E-state index is 0.0436. The van der Waals surface area contributed by atoms with E-state index in [1.165, 1.54) is 11.3 Å². The summed E-state index contributed by atoms with van der Waals surface area (Å²) in [6.07, 6.45) is 5.19. The predicted octanol–water partition coefficient (Wildman–Crippen LogP) is 3.36. The Hall–Kier alpha value is -3.41. The van der Waals surface area contributed by atoms with Crippen LogP contribution in [-0.4, -0.2) is 47.0 Å². The van der Waals surface area contributed by atoms with Crippen LogP contribution in [0.5, 0.6) is 0 Å². The van der Waals surface area contributed by atoms with Crippen molar-refractivity contribution in [2.24, 2.45) is 0 Å². The molecule has 0 aliphatic carbocycles. The quantitative estimate of drug-likeness (QED) is 0.727. The van der Waals surface area contributed by atoms with E-state index >= 15 is 0 Å². The third-order valence-electron chi connectivity index (χ3n) is 5.17. The molecule has 1 fully saturated rings. The van der Waals surface area contributed by atoms with E-state index in [-0.39, 0.29) is 5.91 Å². The Kier molecular flexibility index (Phi) is 5.70. The van der Waals surface area contributed by atoms with E-state index in [1.807, 2.05) is 29.2 Å². The fourth-order valence-electron chi connectivity index (χ4n) is 3.49. The number of nitrogens with zero attached hydrogens (tertiary/aromatic N) is 4. The lowest BCUT2D eigenvalue weighted by molar-refractivity contribution is 0.0746. The molecule has 0 unspecified atom stereocenters. The van der Waals surface area contributed by atoms with Crippen molar-refractivity contribution in [2.45, 2.75) is 13.5 Å². The summed E-state index contributed by atoms with van der Waals surface area (Å²) in [5, 5.41) is 3.26. The third-order valence-corrected chi connectivity index (χ3v) is 5.17. The number of hydrogen-bond donors (Lipinski definition) is 1. The van der Waals surface area contributed by atoms with Crippen LogP contribution in [0.1, 0.15) is 21.5 Å². The van der Waals surface area contributed by atoms with Crippen molar-refractivity contribution >= 4 is 17.4 Å². The van der Waals surface area contributed by atoms with Crippen LogP contribution in [0.15, 0.2) is 67.1 Å². The van der Waals surface area contributed by atoms with Crippen molar-refractivity contribution < 1.29 is 4.79 Å². The van der Waals surface area contributed by atoms with Gasteiger partial charge in [0.2, 0.25) is 0 Å². The monoisotopic (exact) mass is 387 g/mol. The highest BCUT2D eigenvalue weighted by Gasteiger charge is 2.22. The van der Waals surface area contributed by atoms with E-state index in [0.29, 0.717) is 12.1 Å². The van der Waals surface area contributed by atoms with Gasteiger partial charge < -0.3 is 15.1 Å². The van der Waals surface area contributed by atoms with Crippen LogP contribution in [0.4, 0.5) is 11.5 Å². The second kappa shape index (κ2) is 8.73.